The number of primary amides is 1. The molecular weight excluding hydrogens is 520 g/mol. The third kappa shape index (κ3) is 6.70. The number of cyclic esters (lactones) is 1. The zero-order valence-corrected chi connectivity index (χ0v) is 25.0. The molecule has 218 valence electrons. The molecule has 1 amide bonds. The van der Waals surface area contributed by atoms with Crippen molar-refractivity contribution < 1.29 is 28.6 Å². The number of carbonyl (C=O) groups is 3. The van der Waals surface area contributed by atoms with Gasteiger partial charge in [-0.2, -0.15) is 0 Å². The van der Waals surface area contributed by atoms with Gasteiger partial charge < -0.3 is 25.3 Å². The largest absolute Gasteiger partial charge is 0.463 e. The van der Waals surface area contributed by atoms with E-state index >= 15 is 0 Å². The molecule has 0 aliphatic carbocycles. The number of esters is 2. The second-order valence-electron chi connectivity index (χ2n) is 11.8. The molecule has 3 N–H and O–H groups in total. The van der Waals surface area contributed by atoms with Gasteiger partial charge in [-0.15, -0.1) is 0 Å². The lowest BCUT2D eigenvalue weighted by molar-refractivity contribution is -0.147. The van der Waals surface area contributed by atoms with E-state index < -0.39 is 35.5 Å². The van der Waals surface area contributed by atoms with Crippen LogP contribution >= 0.6 is 0 Å². The van der Waals surface area contributed by atoms with Gasteiger partial charge in [0.15, 0.2) is 0 Å². The Labute approximate surface area is 241 Å². The van der Waals surface area contributed by atoms with Gasteiger partial charge >= 0.3 is 11.9 Å². The molecule has 41 heavy (non-hydrogen) atoms. The van der Waals surface area contributed by atoms with Crippen molar-refractivity contribution in [1.29, 1.82) is 0 Å². The summed E-state index contributed by atoms with van der Waals surface area (Å²) in [5.74, 6) is -2.32. The molecule has 0 spiro atoms. The molecule has 0 aromatic heterocycles. The number of nitrogens with two attached hydrogens (primary N) is 1. The maximum Gasteiger partial charge on any atom is 0.337 e. The number of benzene rings is 2. The maximum atomic E-state index is 13.9. The number of dihydropyridines is 1. The molecule has 0 saturated heterocycles. The quantitative estimate of drug-likeness (QED) is 0.441. The summed E-state index contributed by atoms with van der Waals surface area (Å²) in [6.45, 7) is 13.9. The minimum Gasteiger partial charge on any atom is -0.463 e. The molecule has 2 aromatic rings. The highest BCUT2D eigenvalue weighted by Crippen LogP contribution is 2.46. The SMILES string of the molecule is CCOC(=O)C1=C(COC(C)(C)C)NC2=C(C(=O)OC(c3c(C)cc(C)cc3C)C2)C1c1cccc(CC(N)=O)c1. The second-order valence-corrected chi connectivity index (χ2v) is 11.8. The summed E-state index contributed by atoms with van der Waals surface area (Å²) < 4.78 is 17.7. The first kappa shape index (κ1) is 30.1. The van der Waals surface area contributed by atoms with E-state index in [1.165, 1.54) is 0 Å². The molecule has 8 nitrogen and oxygen atoms in total. The van der Waals surface area contributed by atoms with Crippen molar-refractivity contribution in [3.63, 3.8) is 0 Å². The van der Waals surface area contributed by atoms with Crippen LogP contribution in [0.2, 0.25) is 0 Å². The molecule has 2 aliphatic heterocycles. The summed E-state index contributed by atoms with van der Waals surface area (Å²) in [6, 6.07) is 11.4. The van der Waals surface area contributed by atoms with Gasteiger partial charge in [0, 0.05) is 12.1 Å². The maximum absolute atomic E-state index is 13.9. The first-order valence-corrected chi connectivity index (χ1v) is 14.0. The highest BCUT2D eigenvalue weighted by atomic mass is 16.5. The van der Waals surface area contributed by atoms with Gasteiger partial charge in [0.2, 0.25) is 5.91 Å². The van der Waals surface area contributed by atoms with E-state index in [2.05, 4.69) is 17.4 Å². The van der Waals surface area contributed by atoms with Crippen LogP contribution in [0.15, 0.2) is 58.9 Å². The number of aryl methyl sites for hydroxylation is 3. The van der Waals surface area contributed by atoms with Crippen LogP contribution in [-0.4, -0.2) is 36.7 Å². The lowest BCUT2D eigenvalue weighted by Gasteiger charge is -2.38. The zero-order chi connectivity index (χ0) is 30.1. The van der Waals surface area contributed by atoms with Crippen molar-refractivity contribution in [3.05, 3.63) is 92.3 Å². The van der Waals surface area contributed by atoms with Crippen LogP contribution in [0, 0.1) is 20.8 Å². The zero-order valence-electron chi connectivity index (χ0n) is 25.0. The van der Waals surface area contributed by atoms with Crippen molar-refractivity contribution >= 4 is 17.8 Å². The molecule has 2 unspecified atom stereocenters. The molecule has 2 atom stereocenters. The third-order valence-corrected chi connectivity index (χ3v) is 7.26. The topological polar surface area (TPSA) is 117 Å². The number of amides is 1. The van der Waals surface area contributed by atoms with Gasteiger partial charge in [-0.05, 0) is 76.3 Å². The van der Waals surface area contributed by atoms with Crippen molar-refractivity contribution in [2.24, 2.45) is 5.73 Å². The van der Waals surface area contributed by atoms with Gasteiger partial charge in [0.1, 0.15) is 6.10 Å². The van der Waals surface area contributed by atoms with E-state index in [1.807, 2.05) is 47.6 Å². The summed E-state index contributed by atoms with van der Waals surface area (Å²) in [7, 11) is 0. The van der Waals surface area contributed by atoms with E-state index in [9.17, 15) is 14.4 Å². The highest BCUT2D eigenvalue weighted by Gasteiger charge is 2.44. The predicted octanol–water partition coefficient (Wildman–Crippen LogP) is 4.90. The van der Waals surface area contributed by atoms with E-state index in [-0.39, 0.29) is 25.2 Å². The van der Waals surface area contributed by atoms with E-state index in [0.717, 1.165) is 22.3 Å². The van der Waals surface area contributed by atoms with Crippen LogP contribution in [0.1, 0.15) is 79.5 Å². The molecule has 2 heterocycles. The Morgan fingerprint density at radius 2 is 1.78 bits per heavy atom. The summed E-state index contributed by atoms with van der Waals surface area (Å²) in [6.07, 6.45) is -0.0646. The molecule has 2 aliphatic rings. The highest BCUT2D eigenvalue weighted by molar-refractivity contribution is 6.00. The van der Waals surface area contributed by atoms with Gasteiger partial charge in [-0.3, -0.25) is 4.79 Å². The van der Waals surface area contributed by atoms with Gasteiger partial charge in [0.25, 0.3) is 0 Å². The van der Waals surface area contributed by atoms with Crippen molar-refractivity contribution in [2.75, 3.05) is 13.2 Å². The fourth-order valence-electron chi connectivity index (χ4n) is 5.76. The summed E-state index contributed by atoms with van der Waals surface area (Å²) in [5, 5.41) is 3.40. The predicted molar refractivity (Wildman–Crippen MR) is 156 cm³/mol. The van der Waals surface area contributed by atoms with Gasteiger partial charge in [-0.25, -0.2) is 9.59 Å². The molecular formula is C33H40N2O6. The molecule has 0 bridgehead atoms. The first-order chi connectivity index (χ1) is 19.3. The molecule has 0 fully saturated rings. The average molecular weight is 561 g/mol. The van der Waals surface area contributed by atoms with Crippen LogP contribution in [0.25, 0.3) is 0 Å². The van der Waals surface area contributed by atoms with Gasteiger partial charge in [0.05, 0.1) is 48.0 Å². The Morgan fingerprint density at radius 3 is 2.39 bits per heavy atom. The third-order valence-electron chi connectivity index (χ3n) is 7.26. The summed E-state index contributed by atoms with van der Waals surface area (Å²) >= 11 is 0. The molecule has 0 radical (unpaired) electrons. The number of carbonyl (C=O) groups excluding carboxylic acids is 3. The van der Waals surface area contributed by atoms with Crippen LogP contribution in [-0.2, 0) is 35.0 Å². The monoisotopic (exact) mass is 560 g/mol. The fraction of sp³-hybridized carbons (Fsp3) is 0.424. The van der Waals surface area contributed by atoms with Crippen LogP contribution in [0.5, 0.6) is 0 Å². The van der Waals surface area contributed by atoms with Crippen LogP contribution in [0.4, 0.5) is 0 Å². The average Bonchev–Trinajstić information content (AvgIpc) is 2.85. The number of ether oxygens (including phenoxy) is 3. The molecule has 0 saturated carbocycles. The molecule has 8 heteroatoms. The standard InChI is InChI=1S/C33H40N2O6/c1-8-39-31(37)30-24(17-40-33(5,6)7)35-23-16-25(27-19(3)12-18(2)13-20(27)4)41-32(38)29(23)28(30)22-11-9-10-21(14-22)15-26(34)36/h9-14,25,28,35H,8,15-17H2,1-7H3,(H2,34,36). The first-order valence-electron chi connectivity index (χ1n) is 14.0. The smallest absolute Gasteiger partial charge is 0.337 e. The number of nitrogens with one attached hydrogen (secondary N) is 1. The van der Waals surface area contributed by atoms with Crippen molar-refractivity contribution in [3.8, 4) is 0 Å². The fourth-order valence-corrected chi connectivity index (χ4v) is 5.76. The lowest BCUT2D eigenvalue weighted by Crippen LogP contribution is -2.39. The molecule has 4 rings (SSSR count). The Hall–Kier alpha value is -3.91. The number of rotatable bonds is 8. The van der Waals surface area contributed by atoms with Crippen molar-refractivity contribution in [1.82, 2.24) is 5.32 Å². The Morgan fingerprint density at radius 1 is 1.10 bits per heavy atom. The van der Waals surface area contributed by atoms with E-state index in [1.54, 1.807) is 25.1 Å². The normalized spacial score (nSPS) is 19.0. The molecule has 2 aromatic carbocycles. The number of hydrogen-bond acceptors (Lipinski definition) is 7. The number of hydrogen-bond donors (Lipinski definition) is 2. The minimum atomic E-state index is -0.787. The lowest BCUT2D eigenvalue weighted by atomic mass is 9.77. The van der Waals surface area contributed by atoms with Gasteiger partial charge in [-0.1, -0.05) is 42.0 Å². The Kier molecular flexibility index (Phi) is 8.73. The second kappa shape index (κ2) is 11.9. The summed E-state index contributed by atoms with van der Waals surface area (Å²) in [5.41, 5.74) is 12.4. The summed E-state index contributed by atoms with van der Waals surface area (Å²) in [4.78, 5) is 39.1. The van der Waals surface area contributed by atoms with E-state index in [4.69, 9.17) is 19.9 Å². The van der Waals surface area contributed by atoms with E-state index in [0.29, 0.717) is 34.5 Å². The van der Waals surface area contributed by atoms with Crippen LogP contribution < -0.4 is 11.1 Å². The Bertz CT molecular complexity index is 1420. The Balaban J connectivity index is 1.89. The van der Waals surface area contributed by atoms with Crippen molar-refractivity contribution in [2.45, 2.75) is 78.9 Å². The minimum absolute atomic E-state index is 0.0294. The van der Waals surface area contributed by atoms with Crippen LogP contribution in [0.3, 0.4) is 0 Å².